The number of halogens is 3. The average Bonchev–Trinajstić information content (AvgIpc) is 2.02. The van der Waals surface area contributed by atoms with Gasteiger partial charge in [-0.2, -0.15) is 13.2 Å². The lowest BCUT2D eigenvalue weighted by atomic mass is 10.5. The molecule has 0 aliphatic carbocycles. The van der Waals surface area contributed by atoms with Crippen molar-refractivity contribution < 1.29 is 25.5 Å². The fourth-order valence-electron chi connectivity index (χ4n) is 0.727. The summed E-state index contributed by atoms with van der Waals surface area (Å²) in [5.74, 6) is 0. The second-order valence-electron chi connectivity index (χ2n) is 2.72. The van der Waals surface area contributed by atoms with Crippen molar-refractivity contribution in [3.05, 3.63) is 0 Å². The molecule has 74 valence electrons. The lowest BCUT2D eigenvalue weighted by Crippen LogP contribution is -2.47. The molecule has 0 aromatic rings. The molecule has 13 heavy (non-hydrogen) atoms. The van der Waals surface area contributed by atoms with E-state index in [4.69, 9.17) is 12.3 Å². The second kappa shape index (κ2) is 4.23. The van der Waals surface area contributed by atoms with E-state index in [0.29, 0.717) is 0 Å². The van der Waals surface area contributed by atoms with Gasteiger partial charge in [-0.25, -0.2) is 0 Å². The van der Waals surface area contributed by atoms with E-state index in [1.807, 2.05) is 0 Å². The maximum Gasteiger partial charge on any atom is 0.413 e. The third kappa shape index (κ3) is 4.37. The molecule has 1 rings (SSSR count). The van der Waals surface area contributed by atoms with Crippen molar-refractivity contribution >= 4 is 28.6 Å². The molecule has 0 atom stereocenters. The molecule has 0 aromatic carbocycles. The minimum atomic E-state index is -4.13. The van der Waals surface area contributed by atoms with Crippen LogP contribution in [0.1, 0.15) is 6.42 Å². The van der Waals surface area contributed by atoms with Crippen molar-refractivity contribution in [2.45, 2.75) is 25.2 Å². The monoisotopic (exact) mass is 244 g/mol. The summed E-state index contributed by atoms with van der Waals surface area (Å²) in [6, 6.07) is -0.0557. The van der Waals surface area contributed by atoms with Crippen molar-refractivity contribution in [1.82, 2.24) is 0 Å². The van der Waals surface area contributed by atoms with E-state index in [0.717, 1.165) is 0 Å². The largest absolute Gasteiger partial charge is 0.414 e. The first-order valence-corrected chi connectivity index (χ1v) is 7.66. The third-order valence-corrected chi connectivity index (χ3v) is 7.41. The Kier molecular flexibility index (Phi) is 3.71. The van der Waals surface area contributed by atoms with Crippen LogP contribution < -0.4 is 0 Å². The van der Waals surface area contributed by atoms with Crippen molar-refractivity contribution in [2.24, 2.45) is 0 Å². The van der Waals surface area contributed by atoms with Crippen molar-refractivity contribution in [3.8, 4) is 0 Å². The molecule has 0 saturated carbocycles. The maximum atomic E-state index is 11.9. The average molecular weight is 244 g/mol. The van der Waals surface area contributed by atoms with Gasteiger partial charge in [-0.15, -0.1) is 0 Å². The van der Waals surface area contributed by atoms with Crippen LogP contribution in [0.4, 0.5) is 13.2 Å². The van der Waals surface area contributed by atoms with Crippen LogP contribution in [0.5, 0.6) is 0 Å². The van der Waals surface area contributed by atoms with E-state index < -0.39 is 21.2 Å². The molecule has 0 unspecified atom stereocenters. The Labute approximate surface area is 79.9 Å². The Balaban J connectivity index is 2.33. The molecule has 1 heterocycles. The van der Waals surface area contributed by atoms with Gasteiger partial charge in [-0.3, -0.25) is 0 Å². The fourth-order valence-corrected chi connectivity index (χ4v) is 5.45. The topological polar surface area (TPSA) is 27.7 Å². The number of hydrogen-bond acceptors (Lipinski definition) is 3. The predicted octanol–water partition coefficient (Wildman–Crippen LogP) is 1.14. The predicted molar refractivity (Wildman–Crippen MR) is 41.9 cm³/mol. The molecule has 0 aromatic heterocycles. The third-order valence-electron chi connectivity index (χ3n) is 1.46. The highest BCUT2D eigenvalue weighted by molar-refractivity contribution is 6.75. The van der Waals surface area contributed by atoms with Gasteiger partial charge in [0.1, 0.15) is 0 Å². The van der Waals surface area contributed by atoms with Gasteiger partial charge in [0.25, 0.3) is 0 Å². The van der Waals surface area contributed by atoms with Gasteiger partial charge in [0.05, 0.1) is 0 Å². The summed E-state index contributed by atoms with van der Waals surface area (Å²) in [6.45, 7) is 1.63. The molecule has 0 spiro atoms. The van der Waals surface area contributed by atoms with Crippen molar-refractivity contribution in [3.63, 3.8) is 0 Å². The zero-order valence-corrected chi connectivity index (χ0v) is 9.77. The zero-order chi connectivity index (χ0) is 9.95. The first kappa shape index (κ1) is 11.4. The first-order valence-electron chi connectivity index (χ1n) is 3.50. The SMILES string of the molecule is C[Si]1(CCC(F)(F)F)O[Si]O[Si]O1. The summed E-state index contributed by atoms with van der Waals surface area (Å²) in [4.78, 5) is 0. The van der Waals surface area contributed by atoms with Crippen LogP contribution >= 0.6 is 0 Å². The van der Waals surface area contributed by atoms with Gasteiger partial charge in [-0.05, 0) is 12.6 Å². The standard InChI is InChI=1S/C4H7F3O3Si3/c1-13(3-2-4(5,6)7)9-11-8-12-10-13/h2-3H2,1H3. The second-order valence-corrected chi connectivity index (χ2v) is 8.27. The van der Waals surface area contributed by atoms with E-state index in [9.17, 15) is 13.2 Å². The minimum absolute atomic E-state index is 0.0557. The van der Waals surface area contributed by atoms with E-state index in [-0.39, 0.29) is 26.1 Å². The van der Waals surface area contributed by atoms with Gasteiger partial charge in [0, 0.05) is 6.42 Å². The summed E-state index contributed by atoms with van der Waals surface area (Å²) in [5.41, 5.74) is 0. The quantitative estimate of drug-likeness (QED) is 0.682. The molecule has 0 N–H and O–H groups in total. The number of hydrogen-bond donors (Lipinski definition) is 0. The lowest BCUT2D eigenvalue weighted by molar-refractivity contribution is -0.131. The summed E-state index contributed by atoms with van der Waals surface area (Å²) < 4.78 is 50.5. The molecule has 0 bridgehead atoms. The molecule has 0 amide bonds. The van der Waals surface area contributed by atoms with Gasteiger partial charge in [0.15, 0.2) is 0 Å². The van der Waals surface area contributed by atoms with Crippen LogP contribution in [0.25, 0.3) is 0 Å². The van der Waals surface area contributed by atoms with Crippen molar-refractivity contribution in [1.29, 1.82) is 0 Å². The van der Waals surface area contributed by atoms with Crippen LogP contribution in [0, 0.1) is 0 Å². The molecule has 1 aliphatic heterocycles. The Morgan fingerprint density at radius 2 is 1.77 bits per heavy atom. The van der Waals surface area contributed by atoms with E-state index in [1.54, 1.807) is 6.55 Å². The molecule has 3 nitrogen and oxygen atoms in total. The number of alkyl halides is 3. The first-order chi connectivity index (χ1) is 5.91. The van der Waals surface area contributed by atoms with Gasteiger partial charge in [-0.1, -0.05) is 0 Å². The minimum Gasteiger partial charge on any atom is -0.414 e. The molecular weight excluding hydrogens is 237 g/mol. The molecule has 1 saturated heterocycles. The van der Waals surface area contributed by atoms with E-state index in [1.165, 1.54) is 0 Å². The maximum absolute atomic E-state index is 11.9. The van der Waals surface area contributed by atoms with E-state index >= 15 is 0 Å². The molecule has 1 fully saturated rings. The van der Waals surface area contributed by atoms with Crippen LogP contribution in [-0.4, -0.2) is 34.8 Å². The number of rotatable bonds is 2. The Hall–Kier alpha value is 0.321. The van der Waals surface area contributed by atoms with Crippen LogP contribution in [0.2, 0.25) is 12.6 Å². The highest BCUT2D eigenvalue weighted by Gasteiger charge is 2.40. The Morgan fingerprint density at radius 3 is 2.23 bits per heavy atom. The summed E-state index contributed by atoms with van der Waals surface area (Å²) >= 11 is 0. The summed E-state index contributed by atoms with van der Waals surface area (Å²) in [6.07, 6.45) is -4.97. The van der Waals surface area contributed by atoms with Crippen molar-refractivity contribution in [2.75, 3.05) is 0 Å². The smallest absolute Gasteiger partial charge is 0.413 e. The van der Waals surface area contributed by atoms with Gasteiger partial charge >= 0.3 is 34.8 Å². The van der Waals surface area contributed by atoms with Gasteiger partial charge in [0.2, 0.25) is 0 Å². The normalized spacial score (nSPS) is 23.1. The van der Waals surface area contributed by atoms with Crippen LogP contribution in [0.3, 0.4) is 0 Å². The molecule has 1 aliphatic rings. The van der Waals surface area contributed by atoms with Crippen LogP contribution in [-0.2, 0) is 12.3 Å². The molecular formula is C4H7F3O3Si3. The molecule has 9 heteroatoms. The molecule has 4 radical (unpaired) electrons. The van der Waals surface area contributed by atoms with E-state index in [2.05, 4.69) is 0 Å². The zero-order valence-electron chi connectivity index (χ0n) is 6.77. The highest BCUT2D eigenvalue weighted by Crippen LogP contribution is 2.27. The Morgan fingerprint density at radius 1 is 1.23 bits per heavy atom. The fraction of sp³-hybridized carbons (Fsp3) is 1.00. The lowest BCUT2D eigenvalue weighted by Gasteiger charge is -2.29. The Bertz CT molecular complexity index is 170. The van der Waals surface area contributed by atoms with Gasteiger partial charge < -0.3 is 12.3 Å². The van der Waals surface area contributed by atoms with Crippen LogP contribution in [0.15, 0.2) is 0 Å². The summed E-state index contributed by atoms with van der Waals surface area (Å²) in [7, 11) is -2.91. The highest BCUT2D eigenvalue weighted by atomic mass is 28.5. The summed E-state index contributed by atoms with van der Waals surface area (Å²) in [5, 5.41) is 0.